The minimum Gasteiger partial charge on any atom is -0.364 e. The van der Waals surface area contributed by atoms with Gasteiger partial charge in [-0.15, -0.1) is 0 Å². The van der Waals surface area contributed by atoms with Crippen molar-refractivity contribution in [1.29, 1.82) is 0 Å². The van der Waals surface area contributed by atoms with Gasteiger partial charge in [-0.2, -0.15) is 0 Å². The maximum Gasteiger partial charge on any atom is 0.269 e. The van der Waals surface area contributed by atoms with E-state index in [2.05, 4.69) is 4.98 Å². The fourth-order valence-electron chi connectivity index (χ4n) is 1.79. The van der Waals surface area contributed by atoms with E-state index in [4.69, 9.17) is 11.5 Å². The third-order valence-corrected chi connectivity index (χ3v) is 2.69. The largest absolute Gasteiger partial charge is 0.364 e. The maximum absolute atomic E-state index is 13.6. The lowest BCUT2D eigenvalue weighted by atomic mass is 10.2. The van der Waals surface area contributed by atoms with Crippen LogP contribution in [0.5, 0.6) is 0 Å². The fourth-order valence-corrected chi connectivity index (χ4v) is 1.79. The van der Waals surface area contributed by atoms with Crippen molar-refractivity contribution >= 4 is 11.8 Å². The van der Waals surface area contributed by atoms with Crippen LogP contribution in [0.3, 0.4) is 0 Å². The van der Waals surface area contributed by atoms with Crippen molar-refractivity contribution in [3.05, 3.63) is 53.1 Å². The molecule has 0 aliphatic carbocycles. The highest BCUT2D eigenvalue weighted by Gasteiger charge is 2.21. The van der Waals surface area contributed by atoms with Crippen LogP contribution in [0.4, 0.5) is 8.78 Å². The van der Waals surface area contributed by atoms with Gasteiger partial charge in [-0.1, -0.05) is 6.07 Å². The Labute approximate surface area is 112 Å². The SMILES string of the molecule is NC(=O)c1ncn(Cc2c(F)cccc2F)c1C(N)=O. The number of hydrogen-bond donors (Lipinski definition) is 2. The summed E-state index contributed by atoms with van der Waals surface area (Å²) in [6, 6.07) is 3.37. The van der Waals surface area contributed by atoms with Crippen molar-refractivity contribution in [3.63, 3.8) is 0 Å². The van der Waals surface area contributed by atoms with Crippen molar-refractivity contribution in [2.24, 2.45) is 11.5 Å². The van der Waals surface area contributed by atoms with Crippen molar-refractivity contribution in [1.82, 2.24) is 9.55 Å². The molecule has 2 rings (SSSR count). The highest BCUT2D eigenvalue weighted by Crippen LogP contribution is 2.16. The van der Waals surface area contributed by atoms with Crippen LogP contribution in [-0.4, -0.2) is 21.4 Å². The van der Waals surface area contributed by atoms with Crippen LogP contribution in [-0.2, 0) is 6.54 Å². The summed E-state index contributed by atoms with van der Waals surface area (Å²) in [6.45, 7) is -0.336. The van der Waals surface area contributed by atoms with Gasteiger partial charge in [0.1, 0.15) is 17.3 Å². The van der Waals surface area contributed by atoms with Gasteiger partial charge in [0.05, 0.1) is 12.9 Å². The van der Waals surface area contributed by atoms with Crippen LogP contribution in [0, 0.1) is 11.6 Å². The molecule has 0 aliphatic rings. The molecule has 104 valence electrons. The minimum atomic E-state index is -0.965. The molecule has 2 amide bonds. The molecule has 1 aromatic carbocycles. The van der Waals surface area contributed by atoms with E-state index in [0.29, 0.717) is 0 Å². The zero-order valence-corrected chi connectivity index (χ0v) is 10.1. The van der Waals surface area contributed by atoms with Gasteiger partial charge in [0.25, 0.3) is 11.8 Å². The number of nitrogens with zero attached hydrogens (tertiary/aromatic N) is 2. The first-order valence-corrected chi connectivity index (χ1v) is 5.49. The van der Waals surface area contributed by atoms with Gasteiger partial charge in [0.2, 0.25) is 0 Å². The van der Waals surface area contributed by atoms with Gasteiger partial charge in [0, 0.05) is 5.56 Å². The zero-order chi connectivity index (χ0) is 14.9. The summed E-state index contributed by atoms with van der Waals surface area (Å²) in [4.78, 5) is 26.1. The molecular weight excluding hydrogens is 270 g/mol. The molecule has 0 fully saturated rings. The molecule has 1 heterocycles. The van der Waals surface area contributed by atoms with Gasteiger partial charge in [-0.3, -0.25) is 9.59 Å². The zero-order valence-electron chi connectivity index (χ0n) is 10.1. The average molecular weight is 280 g/mol. The summed E-state index contributed by atoms with van der Waals surface area (Å²) in [5.74, 6) is -3.48. The summed E-state index contributed by atoms with van der Waals surface area (Å²) in [5.41, 5.74) is 9.28. The molecule has 0 spiro atoms. The van der Waals surface area contributed by atoms with Crippen LogP contribution in [0.25, 0.3) is 0 Å². The molecule has 8 heteroatoms. The summed E-state index contributed by atoms with van der Waals surface area (Å²) in [7, 11) is 0. The number of amides is 2. The Morgan fingerprint density at radius 3 is 2.25 bits per heavy atom. The van der Waals surface area contributed by atoms with E-state index in [1.54, 1.807) is 0 Å². The highest BCUT2D eigenvalue weighted by molar-refractivity contribution is 6.03. The Bertz CT molecular complexity index is 677. The molecule has 4 N–H and O–H groups in total. The Kier molecular flexibility index (Phi) is 3.47. The number of benzene rings is 1. The summed E-state index contributed by atoms with van der Waals surface area (Å²) < 4.78 is 28.2. The lowest BCUT2D eigenvalue weighted by Crippen LogP contribution is -2.23. The molecule has 2 aromatic rings. The lowest BCUT2D eigenvalue weighted by Gasteiger charge is -2.08. The standard InChI is InChI=1S/C12H10F2N4O2/c13-7-2-1-3-8(14)6(7)4-18-5-17-9(11(15)19)10(18)12(16)20/h1-3,5H,4H2,(H2,15,19)(H2,16,20). The molecule has 0 radical (unpaired) electrons. The first-order chi connectivity index (χ1) is 9.41. The minimum absolute atomic E-state index is 0.275. The molecule has 0 unspecified atom stereocenters. The van der Waals surface area contributed by atoms with Gasteiger partial charge in [-0.25, -0.2) is 13.8 Å². The molecule has 6 nitrogen and oxygen atoms in total. The Morgan fingerprint density at radius 2 is 1.75 bits per heavy atom. The predicted octanol–water partition coefficient (Wildman–Crippen LogP) is 0.407. The van der Waals surface area contributed by atoms with Gasteiger partial charge < -0.3 is 16.0 Å². The molecule has 0 atom stereocenters. The normalized spacial score (nSPS) is 10.5. The maximum atomic E-state index is 13.6. The van der Waals surface area contributed by atoms with Crippen molar-refractivity contribution in [2.45, 2.75) is 6.54 Å². The number of carbonyl (C=O) groups is 2. The molecule has 0 aliphatic heterocycles. The highest BCUT2D eigenvalue weighted by atomic mass is 19.1. The monoisotopic (exact) mass is 280 g/mol. The number of imidazole rings is 1. The van der Waals surface area contributed by atoms with E-state index < -0.39 is 23.4 Å². The second-order valence-electron chi connectivity index (χ2n) is 4.00. The number of aromatic nitrogens is 2. The van der Waals surface area contributed by atoms with E-state index in [1.165, 1.54) is 6.07 Å². The summed E-state index contributed by atoms with van der Waals surface area (Å²) in [5, 5.41) is 0. The Hall–Kier alpha value is -2.77. The van der Waals surface area contributed by atoms with Crippen molar-refractivity contribution < 1.29 is 18.4 Å². The second-order valence-corrected chi connectivity index (χ2v) is 4.00. The van der Waals surface area contributed by atoms with E-state index in [9.17, 15) is 18.4 Å². The number of nitrogens with two attached hydrogens (primary N) is 2. The van der Waals surface area contributed by atoms with Crippen LogP contribution in [0.15, 0.2) is 24.5 Å². The molecule has 20 heavy (non-hydrogen) atoms. The number of rotatable bonds is 4. The molecule has 0 saturated carbocycles. The van der Waals surface area contributed by atoms with Crippen LogP contribution in [0.1, 0.15) is 26.5 Å². The summed E-state index contributed by atoms with van der Waals surface area (Å²) in [6.07, 6.45) is 1.08. The topological polar surface area (TPSA) is 104 Å². The number of carbonyl (C=O) groups excluding carboxylic acids is 2. The molecule has 0 bridgehead atoms. The van der Waals surface area contributed by atoms with E-state index in [-0.39, 0.29) is 23.5 Å². The third kappa shape index (κ3) is 2.35. The Morgan fingerprint density at radius 1 is 1.15 bits per heavy atom. The number of primary amides is 2. The van der Waals surface area contributed by atoms with Gasteiger partial charge in [0.15, 0.2) is 5.69 Å². The smallest absolute Gasteiger partial charge is 0.269 e. The van der Waals surface area contributed by atoms with Crippen molar-refractivity contribution in [2.75, 3.05) is 0 Å². The quantitative estimate of drug-likeness (QED) is 0.847. The van der Waals surface area contributed by atoms with Crippen LogP contribution >= 0.6 is 0 Å². The number of halogens is 2. The summed E-state index contributed by atoms with van der Waals surface area (Å²) >= 11 is 0. The van der Waals surface area contributed by atoms with E-state index >= 15 is 0 Å². The first-order valence-electron chi connectivity index (χ1n) is 5.49. The predicted molar refractivity (Wildman–Crippen MR) is 64.7 cm³/mol. The lowest BCUT2D eigenvalue weighted by molar-refractivity contribution is 0.0959. The molecular formula is C12H10F2N4O2. The third-order valence-electron chi connectivity index (χ3n) is 2.69. The van der Waals surface area contributed by atoms with E-state index in [0.717, 1.165) is 23.0 Å². The average Bonchev–Trinajstić information content (AvgIpc) is 2.78. The molecule has 0 saturated heterocycles. The molecule has 1 aromatic heterocycles. The van der Waals surface area contributed by atoms with Crippen LogP contribution in [0.2, 0.25) is 0 Å². The van der Waals surface area contributed by atoms with Crippen molar-refractivity contribution in [3.8, 4) is 0 Å². The number of hydrogen-bond acceptors (Lipinski definition) is 3. The Balaban J connectivity index is 2.50. The fraction of sp³-hybridized carbons (Fsp3) is 0.0833. The van der Waals surface area contributed by atoms with Gasteiger partial charge in [-0.05, 0) is 12.1 Å². The van der Waals surface area contributed by atoms with E-state index in [1.807, 2.05) is 0 Å². The van der Waals surface area contributed by atoms with Crippen LogP contribution < -0.4 is 11.5 Å². The first kappa shape index (κ1) is 13.7. The van der Waals surface area contributed by atoms with Gasteiger partial charge >= 0.3 is 0 Å². The second kappa shape index (κ2) is 5.08.